The summed E-state index contributed by atoms with van der Waals surface area (Å²) in [6.07, 6.45) is 1.74. The minimum atomic E-state index is -0.185. The zero-order valence-corrected chi connectivity index (χ0v) is 18.6. The Bertz CT molecular complexity index is 1060. The van der Waals surface area contributed by atoms with Gasteiger partial charge in [0.15, 0.2) is 11.0 Å². The molecule has 2 aromatic carbocycles. The molecule has 0 fully saturated rings. The third kappa shape index (κ3) is 5.78. The highest BCUT2D eigenvalue weighted by Gasteiger charge is 2.15. The van der Waals surface area contributed by atoms with Crippen LogP contribution in [0.3, 0.4) is 0 Å². The topological polar surface area (TPSA) is 69.0 Å². The average Bonchev–Trinajstić information content (AvgIpc) is 3.11. The summed E-state index contributed by atoms with van der Waals surface area (Å²) in [5, 5.41) is 13.0. The molecule has 6 nitrogen and oxygen atoms in total. The summed E-state index contributed by atoms with van der Waals surface area (Å²) in [6.45, 7) is 6.43. The van der Waals surface area contributed by atoms with E-state index in [1.165, 1.54) is 11.8 Å². The quantitative estimate of drug-likeness (QED) is 0.341. The molecule has 0 spiro atoms. The Morgan fingerprint density at radius 2 is 2.03 bits per heavy atom. The van der Waals surface area contributed by atoms with Gasteiger partial charge in [-0.05, 0) is 42.8 Å². The van der Waals surface area contributed by atoms with Gasteiger partial charge in [-0.2, -0.15) is 0 Å². The molecule has 0 aliphatic carbocycles. The molecule has 0 radical (unpaired) electrons. The molecule has 3 rings (SSSR count). The van der Waals surface area contributed by atoms with E-state index in [1.54, 1.807) is 36.4 Å². The molecule has 0 aliphatic rings. The van der Waals surface area contributed by atoms with Crippen molar-refractivity contribution in [3.63, 3.8) is 0 Å². The minimum Gasteiger partial charge on any atom is -0.486 e. The van der Waals surface area contributed by atoms with Crippen LogP contribution in [-0.4, -0.2) is 26.4 Å². The lowest BCUT2D eigenvalue weighted by atomic mass is 10.2. The van der Waals surface area contributed by atoms with Crippen molar-refractivity contribution in [2.75, 3.05) is 11.1 Å². The number of nitrogens with zero attached hydrogens (tertiary/aromatic N) is 3. The van der Waals surface area contributed by atoms with Crippen LogP contribution in [-0.2, 0) is 17.9 Å². The smallest absolute Gasteiger partial charge is 0.234 e. The highest BCUT2D eigenvalue weighted by atomic mass is 35.5. The van der Waals surface area contributed by atoms with E-state index in [0.717, 1.165) is 5.56 Å². The summed E-state index contributed by atoms with van der Waals surface area (Å²) >= 11 is 13.4. The number of aryl methyl sites for hydroxylation is 1. The number of halogens is 2. The number of para-hydroxylation sites is 1. The van der Waals surface area contributed by atoms with Crippen LogP contribution in [0.4, 0.5) is 5.69 Å². The van der Waals surface area contributed by atoms with E-state index in [-0.39, 0.29) is 18.3 Å². The molecule has 0 unspecified atom stereocenters. The highest BCUT2D eigenvalue weighted by Crippen LogP contribution is 2.24. The molecule has 0 saturated carbocycles. The minimum absolute atomic E-state index is 0.164. The average molecular weight is 463 g/mol. The van der Waals surface area contributed by atoms with Crippen molar-refractivity contribution in [2.24, 2.45) is 0 Å². The van der Waals surface area contributed by atoms with Crippen LogP contribution in [0.5, 0.6) is 5.75 Å². The predicted octanol–water partition coefficient (Wildman–Crippen LogP) is 5.39. The summed E-state index contributed by atoms with van der Waals surface area (Å²) in [6, 6.07) is 12.5. The summed E-state index contributed by atoms with van der Waals surface area (Å²) < 4.78 is 7.69. The summed E-state index contributed by atoms with van der Waals surface area (Å²) in [7, 11) is 0. The van der Waals surface area contributed by atoms with Crippen LogP contribution in [0.15, 0.2) is 60.3 Å². The number of hydrogen-bond acceptors (Lipinski definition) is 5. The molecule has 1 aromatic heterocycles. The lowest BCUT2D eigenvalue weighted by Gasteiger charge is -2.10. The van der Waals surface area contributed by atoms with Crippen molar-refractivity contribution in [1.29, 1.82) is 0 Å². The number of ether oxygens (including phenoxy) is 1. The third-order valence-electron chi connectivity index (χ3n) is 4.08. The van der Waals surface area contributed by atoms with Crippen molar-refractivity contribution in [1.82, 2.24) is 14.8 Å². The molecule has 0 aliphatic heterocycles. The molecule has 156 valence electrons. The first-order valence-corrected chi connectivity index (χ1v) is 10.8. The van der Waals surface area contributed by atoms with Crippen LogP contribution in [0.25, 0.3) is 0 Å². The number of nitrogens with one attached hydrogen (secondary N) is 1. The van der Waals surface area contributed by atoms with Gasteiger partial charge in [0.1, 0.15) is 12.4 Å². The number of thioether (sulfide) groups is 1. The van der Waals surface area contributed by atoms with Gasteiger partial charge in [0.25, 0.3) is 0 Å². The standard InChI is InChI=1S/C21H20Cl2N4O2S/c1-3-10-27-19(12-29-15-8-9-16(22)14(2)11-15)25-26-21(27)30-13-20(28)24-18-7-5-4-6-17(18)23/h3-9,11H,1,10,12-13H2,2H3,(H,24,28). The molecule has 30 heavy (non-hydrogen) atoms. The van der Waals surface area contributed by atoms with Gasteiger partial charge in [-0.15, -0.1) is 16.8 Å². The molecule has 0 atom stereocenters. The fourth-order valence-corrected chi connectivity index (χ4v) is 3.65. The van der Waals surface area contributed by atoms with Crippen molar-refractivity contribution in [2.45, 2.75) is 25.2 Å². The maximum absolute atomic E-state index is 12.3. The predicted molar refractivity (Wildman–Crippen MR) is 122 cm³/mol. The number of aromatic nitrogens is 3. The summed E-state index contributed by atoms with van der Waals surface area (Å²) in [4.78, 5) is 12.3. The van der Waals surface area contributed by atoms with Crippen molar-refractivity contribution < 1.29 is 9.53 Å². The van der Waals surface area contributed by atoms with E-state index < -0.39 is 0 Å². The largest absolute Gasteiger partial charge is 0.486 e. The molecule has 9 heteroatoms. The second kappa shape index (κ2) is 10.5. The van der Waals surface area contributed by atoms with Gasteiger partial charge in [-0.25, -0.2) is 0 Å². The van der Waals surface area contributed by atoms with E-state index in [4.69, 9.17) is 27.9 Å². The van der Waals surface area contributed by atoms with Gasteiger partial charge in [-0.3, -0.25) is 9.36 Å². The lowest BCUT2D eigenvalue weighted by Crippen LogP contribution is -2.15. The Morgan fingerprint density at radius 3 is 2.77 bits per heavy atom. The Labute approximate surface area is 189 Å². The van der Waals surface area contributed by atoms with E-state index >= 15 is 0 Å². The molecule has 3 aromatic rings. The van der Waals surface area contributed by atoms with Gasteiger partial charge in [-0.1, -0.05) is 53.2 Å². The molecule has 1 heterocycles. The van der Waals surface area contributed by atoms with Crippen molar-refractivity contribution in [3.8, 4) is 5.75 Å². The number of carbonyl (C=O) groups is 1. The fraction of sp³-hybridized carbons (Fsp3) is 0.190. The Hall–Kier alpha value is -2.48. The Balaban J connectivity index is 1.63. The molecule has 1 amide bonds. The summed E-state index contributed by atoms with van der Waals surface area (Å²) in [5.41, 5.74) is 1.51. The molecular weight excluding hydrogens is 443 g/mol. The van der Waals surface area contributed by atoms with Gasteiger partial charge in [0, 0.05) is 11.6 Å². The second-order valence-corrected chi connectivity index (χ2v) is 8.07. The number of rotatable bonds is 9. The number of amides is 1. The van der Waals surface area contributed by atoms with Gasteiger partial charge in [0.2, 0.25) is 5.91 Å². The number of carbonyl (C=O) groups excluding carboxylic acids is 1. The summed E-state index contributed by atoms with van der Waals surface area (Å²) in [5.74, 6) is 1.31. The van der Waals surface area contributed by atoms with Gasteiger partial charge >= 0.3 is 0 Å². The fourth-order valence-electron chi connectivity index (χ4n) is 2.58. The first-order chi connectivity index (χ1) is 14.5. The monoisotopic (exact) mass is 462 g/mol. The molecule has 0 saturated heterocycles. The van der Waals surface area contributed by atoms with E-state index in [9.17, 15) is 4.79 Å². The van der Waals surface area contributed by atoms with E-state index in [2.05, 4.69) is 22.1 Å². The maximum Gasteiger partial charge on any atom is 0.234 e. The molecular formula is C21H20Cl2N4O2S. The van der Waals surface area contributed by atoms with Crippen LogP contribution in [0.2, 0.25) is 10.0 Å². The Morgan fingerprint density at radius 1 is 1.23 bits per heavy atom. The number of hydrogen-bond donors (Lipinski definition) is 1. The van der Waals surface area contributed by atoms with Crippen LogP contribution in [0, 0.1) is 6.92 Å². The zero-order valence-electron chi connectivity index (χ0n) is 16.3. The number of anilines is 1. The second-order valence-electron chi connectivity index (χ2n) is 6.31. The first-order valence-electron chi connectivity index (χ1n) is 9.07. The Kier molecular flexibility index (Phi) is 7.79. The third-order valence-corrected chi connectivity index (χ3v) is 5.80. The number of benzene rings is 2. The maximum atomic E-state index is 12.3. The van der Waals surface area contributed by atoms with E-state index in [0.29, 0.717) is 39.0 Å². The number of allylic oxidation sites excluding steroid dienone is 1. The van der Waals surface area contributed by atoms with Crippen LogP contribution >= 0.6 is 35.0 Å². The SMILES string of the molecule is C=CCn1c(COc2ccc(Cl)c(C)c2)nnc1SCC(=O)Nc1ccccc1Cl. The van der Waals surface area contributed by atoms with Gasteiger partial charge < -0.3 is 10.1 Å². The van der Waals surface area contributed by atoms with E-state index in [1.807, 2.05) is 23.6 Å². The lowest BCUT2D eigenvalue weighted by molar-refractivity contribution is -0.113. The van der Waals surface area contributed by atoms with Gasteiger partial charge in [0.05, 0.1) is 16.5 Å². The van der Waals surface area contributed by atoms with Crippen LogP contribution < -0.4 is 10.1 Å². The van der Waals surface area contributed by atoms with Crippen molar-refractivity contribution in [3.05, 3.63) is 76.6 Å². The van der Waals surface area contributed by atoms with Crippen LogP contribution in [0.1, 0.15) is 11.4 Å². The highest BCUT2D eigenvalue weighted by molar-refractivity contribution is 7.99. The molecule has 0 bridgehead atoms. The van der Waals surface area contributed by atoms with Crippen molar-refractivity contribution >= 4 is 46.6 Å². The molecule has 1 N–H and O–H groups in total. The zero-order chi connectivity index (χ0) is 21.5. The normalized spacial score (nSPS) is 10.6. The first kappa shape index (κ1) is 22.2.